The van der Waals surface area contributed by atoms with E-state index in [1.54, 1.807) is 0 Å². The first-order chi connectivity index (χ1) is 8.73. The van der Waals surface area contributed by atoms with E-state index in [1.807, 2.05) is 0 Å². The van der Waals surface area contributed by atoms with Crippen molar-refractivity contribution < 1.29 is 4.74 Å². The van der Waals surface area contributed by atoms with Crippen molar-refractivity contribution in [3.05, 3.63) is 35.9 Å². The average molecular weight is 245 g/mol. The third kappa shape index (κ3) is 1.88. The van der Waals surface area contributed by atoms with Gasteiger partial charge in [0.05, 0.1) is 12.7 Å². The molecule has 3 rings (SSSR count). The van der Waals surface area contributed by atoms with Crippen molar-refractivity contribution in [2.24, 2.45) is 0 Å². The molecule has 1 saturated heterocycles. The van der Waals surface area contributed by atoms with Crippen molar-refractivity contribution >= 4 is 0 Å². The summed E-state index contributed by atoms with van der Waals surface area (Å²) >= 11 is 0. The lowest BCUT2D eigenvalue weighted by atomic mass is 9.89. The predicted octanol–water partition coefficient (Wildman–Crippen LogP) is 3.39. The van der Waals surface area contributed by atoms with Crippen molar-refractivity contribution in [3.63, 3.8) is 0 Å². The van der Waals surface area contributed by atoms with Gasteiger partial charge in [-0.25, -0.2) is 0 Å². The van der Waals surface area contributed by atoms with Crippen molar-refractivity contribution in [2.45, 2.75) is 50.3 Å². The Kier molecular flexibility index (Phi) is 3.16. The van der Waals surface area contributed by atoms with E-state index in [-0.39, 0.29) is 6.10 Å². The second-order valence-corrected chi connectivity index (χ2v) is 5.93. The SMILES string of the molecule is C[C@@H]1[C@@H](c2ccccc2)OCC2(CCCC2)N1C. The maximum atomic E-state index is 6.24. The topological polar surface area (TPSA) is 12.5 Å². The molecule has 18 heavy (non-hydrogen) atoms. The molecule has 2 atom stereocenters. The molecule has 1 heterocycles. The first-order valence-corrected chi connectivity index (χ1v) is 7.12. The van der Waals surface area contributed by atoms with Crippen molar-refractivity contribution in [2.75, 3.05) is 13.7 Å². The largest absolute Gasteiger partial charge is 0.370 e. The van der Waals surface area contributed by atoms with Crippen LogP contribution in [0, 0.1) is 0 Å². The van der Waals surface area contributed by atoms with Gasteiger partial charge in [0, 0.05) is 11.6 Å². The summed E-state index contributed by atoms with van der Waals surface area (Å²) in [5.41, 5.74) is 1.63. The summed E-state index contributed by atoms with van der Waals surface area (Å²) < 4.78 is 6.24. The fourth-order valence-electron chi connectivity index (χ4n) is 3.67. The molecular formula is C16H23NO. The van der Waals surface area contributed by atoms with Crippen LogP contribution < -0.4 is 0 Å². The molecule has 2 fully saturated rings. The van der Waals surface area contributed by atoms with Crippen LogP contribution in [0.3, 0.4) is 0 Å². The minimum atomic E-state index is 0.224. The van der Waals surface area contributed by atoms with Gasteiger partial charge in [0.15, 0.2) is 0 Å². The van der Waals surface area contributed by atoms with E-state index in [4.69, 9.17) is 4.74 Å². The Hall–Kier alpha value is -0.860. The van der Waals surface area contributed by atoms with Gasteiger partial charge < -0.3 is 4.74 Å². The van der Waals surface area contributed by atoms with Gasteiger partial charge in [-0.15, -0.1) is 0 Å². The lowest BCUT2D eigenvalue weighted by Gasteiger charge is -2.50. The van der Waals surface area contributed by atoms with E-state index < -0.39 is 0 Å². The minimum absolute atomic E-state index is 0.224. The summed E-state index contributed by atoms with van der Waals surface area (Å²) in [5.74, 6) is 0. The van der Waals surface area contributed by atoms with Crippen LogP contribution in [-0.4, -0.2) is 30.1 Å². The molecule has 0 unspecified atom stereocenters. The number of nitrogens with zero attached hydrogens (tertiary/aromatic N) is 1. The Balaban J connectivity index is 1.82. The van der Waals surface area contributed by atoms with E-state index in [1.165, 1.54) is 31.2 Å². The van der Waals surface area contributed by atoms with E-state index >= 15 is 0 Å². The van der Waals surface area contributed by atoms with Gasteiger partial charge in [0.25, 0.3) is 0 Å². The van der Waals surface area contributed by atoms with E-state index in [0.717, 1.165) is 6.61 Å². The monoisotopic (exact) mass is 245 g/mol. The Morgan fingerprint density at radius 1 is 1.17 bits per heavy atom. The number of likely N-dealkylation sites (N-methyl/N-ethyl adjacent to an activating group) is 1. The van der Waals surface area contributed by atoms with Gasteiger partial charge in [-0.3, -0.25) is 4.90 Å². The zero-order valence-electron chi connectivity index (χ0n) is 11.4. The Labute approximate surface area is 110 Å². The van der Waals surface area contributed by atoms with Crippen LogP contribution in [0.4, 0.5) is 0 Å². The van der Waals surface area contributed by atoms with Crippen LogP contribution in [0.2, 0.25) is 0 Å². The maximum absolute atomic E-state index is 6.24. The lowest BCUT2D eigenvalue weighted by molar-refractivity contribution is -0.134. The first kappa shape index (κ1) is 12.2. The molecule has 0 amide bonds. The molecule has 1 spiro atoms. The molecule has 0 aromatic heterocycles. The smallest absolute Gasteiger partial charge is 0.0978 e. The van der Waals surface area contributed by atoms with Crippen molar-refractivity contribution in [1.29, 1.82) is 0 Å². The van der Waals surface area contributed by atoms with E-state index in [0.29, 0.717) is 11.6 Å². The predicted molar refractivity (Wildman–Crippen MR) is 73.6 cm³/mol. The minimum Gasteiger partial charge on any atom is -0.370 e. The van der Waals surface area contributed by atoms with Crippen molar-refractivity contribution in [3.8, 4) is 0 Å². The summed E-state index contributed by atoms with van der Waals surface area (Å²) in [7, 11) is 2.29. The second-order valence-electron chi connectivity index (χ2n) is 5.93. The van der Waals surface area contributed by atoms with Crippen LogP contribution in [0.1, 0.15) is 44.3 Å². The number of morpholine rings is 1. The molecule has 1 aromatic rings. The third-order valence-electron chi connectivity index (χ3n) is 4.99. The zero-order chi connectivity index (χ0) is 12.6. The number of ether oxygens (including phenoxy) is 1. The Morgan fingerprint density at radius 3 is 2.50 bits per heavy atom. The summed E-state index contributed by atoms with van der Waals surface area (Å²) in [5, 5.41) is 0. The molecule has 2 nitrogen and oxygen atoms in total. The maximum Gasteiger partial charge on any atom is 0.0978 e. The van der Waals surface area contributed by atoms with Crippen LogP contribution in [0.15, 0.2) is 30.3 Å². The molecule has 0 bridgehead atoms. The normalized spacial score (nSPS) is 31.9. The highest BCUT2D eigenvalue weighted by Crippen LogP contribution is 2.43. The molecule has 0 N–H and O–H groups in total. The van der Waals surface area contributed by atoms with Crippen molar-refractivity contribution in [1.82, 2.24) is 4.90 Å². The summed E-state index contributed by atoms with van der Waals surface area (Å²) in [6, 6.07) is 11.1. The standard InChI is InChI=1S/C16H23NO/c1-13-15(14-8-4-3-5-9-14)18-12-16(17(13)2)10-6-7-11-16/h3-5,8-9,13,15H,6-7,10-12H2,1-2H3/t13-,15+/m1/s1. The van der Waals surface area contributed by atoms with E-state index in [9.17, 15) is 0 Å². The van der Waals surface area contributed by atoms with E-state index in [2.05, 4.69) is 49.2 Å². The highest BCUT2D eigenvalue weighted by Gasteiger charge is 2.46. The lowest BCUT2D eigenvalue weighted by Crippen LogP contribution is -2.58. The molecule has 2 aliphatic rings. The number of rotatable bonds is 1. The quantitative estimate of drug-likeness (QED) is 0.752. The van der Waals surface area contributed by atoms with Crippen LogP contribution >= 0.6 is 0 Å². The molecule has 2 heteroatoms. The van der Waals surface area contributed by atoms with Gasteiger partial charge in [-0.2, -0.15) is 0 Å². The molecule has 0 radical (unpaired) electrons. The molecule has 1 aromatic carbocycles. The first-order valence-electron chi connectivity index (χ1n) is 7.12. The number of hydrogen-bond donors (Lipinski definition) is 0. The van der Waals surface area contributed by atoms with Gasteiger partial charge in [0.1, 0.15) is 0 Å². The Bertz CT molecular complexity index is 397. The molecule has 1 saturated carbocycles. The van der Waals surface area contributed by atoms with Gasteiger partial charge in [0.2, 0.25) is 0 Å². The van der Waals surface area contributed by atoms with Crippen LogP contribution in [-0.2, 0) is 4.74 Å². The second kappa shape index (κ2) is 4.67. The Morgan fingerprint density at radius 2 is 1.83 bits per heavy atom. The van der Waals surface area contributed by atoms with Crippen LogP contribution in [0.25, 0.3) is 0 Å². The third-order valence-corrected chi connectivity index (χ3v) is 4.99. The highest BCUT2D eigenvalue weighted by molar-refractivity contribution is 5.20. The number of benzene rings is 1. The summed E-state index contributed by atoms with van der Waals surface area (Å²) in [6.45, 7) is 3.20. The molecular weight excluding hydrogens is 222 g/mol. The number of hydrogen-bond acceptors (Lipinski definition) is 2. The van der Waals surface area contributed by atoms with Gasteiger partial charge in [-0.05, 0) is 32.4 Å². The van der Waals surface area contributed by atoms with Crippen LogP contribution in [0.5, 0.6) is 0 Å². The average Bonchev–Trinajstić information content (AvgIpc) is 2.87. The highest BCUT2D eigenvalue weighted by atomic mass is 16.5. The summed E-state index contributed by atoms with van der Waals surface area (Å²) in [4.78, 5) is 2.58. The molecule has 1 aliphatic carbocycles. The van der Waals surface area contributed by atoms with Gasteiger partial charge >= 0.3 is 0 Å². The fourth-order valence-corrected chi connectivity index (χ4v) is 3.67. The summed E-state index contributed by atoms with van der Waals surface area (Å²) in [6.07, 6.45) is 5.54. The zero-order valence-corrected chi connectivity index (χ0v) is 11.4. The molecule has 1 aliphatic heterocycles. The molecule has 98 valence electrons. The fraction of sp³-hybridized carbons (Fsp3) is 0.625. The van der Waals surface area contributed by atoms with Gasteiger partial charge in [-0.1, -0.05) is 43.2 Å².